The Morgan fingerprint density at radius 2 is 1.84 bits per heavy atom. The summed E-state index contributed by atoms with van der Waals surface area (Å²) >= 11 is 0. The highest BCUT2D eigenvalue weighted by Gasteiger charge is 2.21. The topological polar surface area (TPSA) is 59.1 Å². The predicted octanol–water partition coefficient (Wildman–Crippen LogP) is 3.70. The average Bonchev–Trinajstić information content (AvgIpc) is 2.46. The SMILES string of the molecule is Cc1ncc(C#C[Si](C)(C)C)cc1NS(=O)(=O)c1ccc(F)cc1F. The van der Waals surface area contributed by atoms with Crippen molar-refractivity contribution in [3.05, 3.63) is 53.4 Å². The third-order valence-electron chi connectivity index (χ3n) is 3.10. The molecule has 2 rings (SSSR count). The molecule has 1 aromatic heterocycles. The second kappa shape index (κ2) is 6.94. The first-order chi connectivity index (χ1) is 11.5. The van der Waals surface area contributed by atoms with Gasteiger partial charge in [0, 0.05) is 17.8 Å². The summed E-state index contributed by atoms with van der Waals surface area (Å²) in [7, 11) is -5.81. The first-order valence-electron chi connectivity index (χ1n) is 7.46. The van der Waals surface area contributed by atoms with Crippen LogP contribution in [0.4, 0.5) is 14.5 Å². The fraction of sp³-hybridized carbons (Fsp3) is 0.235. The van der Waals surface area contributed by atoms with Gasteiger partial charge in [-0.1, -0.05) is 25.6 Å². The van der Waals surface area contributed by atoms with Crippen LogP contribution in [-0.2, 0) is 10.0 Å². The minimum atomic E-state index is -4.21. The number of halogens is 2. The van der Waals surface area contributed by atoms with Crippen molar-refractivity contribution in [1.29, 1.82) is 0 Å². The molecule has 0 spiro atoms. The van der Waals surface area contributed by atoms with Crippen LogP contribution >= 0.6 is 0 Å². The Labute approximate surface area is 147 Å². The Hall–Kier alpha value is -2.24. The van der Waals surface area contributed by atoms with Crippen LogP contribution in [0.15, 0.2) is 35.4 Å². The Bertz CT molecular complexity index is 974. The molecule has 4 nitrogen and oxygen atoms in total. The van der Waals surface area contributed by atoms with Crippen molar-refractivity contribution in [2.24, 2.45) is 0 Å². The maximum Gasteiger partial charge on any atom is 0.264 e. The number of anilines is 1. The number of aromatic nitrogens is 1. The molecule has 0 atom stereocenters. The van der Waals surface area contributed by atoms with Crippen molar-refractivity contribution in [2.75, 3.05) is 4.72 Å². The molecule has 0 bridgehead atoms. The predicted molar refractivity (Wildman–Crippen MR) is 96.4 cm³/mol. The van der Waals surface area contributed by atoms with Crippen LogP contribution in [0.3, 0.4) is 0 Å². The average molecular weight is 380 g/mol. The number of sulfonamides is 1. The summed E-state index contributed by atoms with van der Waals surface area (Å²) in [5, 5.41) is 0. The van der Waals surface area contributed by atoms with Crippen LogP contribution in [0.2, 0.25) is 19.6 Å². The molecule has 0 saturated heterocycles. The molecule has 0 fully saturated rings. The van der Waals surface area contributed by atoms with Crippen molar-refractivity contribution >= 4 is 23.8 Å². The third-order valence-corrected chi connectivity index (χ3v) is 5.37. The summed E-state index contributed by atoms with van der Waals surface area (Å²) in [4.78, 5) is 3.49. The number of pyridine rings is 1. The molecule has 25 heavy (non-hydrogen) atoms. The van der Waals surface area contributed by atoms with E-state index in [9.17, 15) is 17.2 Å². The number of nitrogens with one attached hydrogen (secondary N) is 1. The molecule has 1 heterocycles. The molecule has 0 radical (unpaired) electrons. The number of nitrogens with zero attached hydrogens (tertiary/aromatic N) is 1. The fourth-order valence-corrected chi connectivity index (χ4v) is 3.55. The second-order valence-corrected chi connectivity index (χ2v) is 12.9. The Morgan fingerprint density at radius 1 is 1.16 bits per heavy atom. The minimum Gasteiger partial charge on any atom is -0.278 e. The zero-order valence-corrected chi connectivity index (χ0v) is 16.1. The number of hydrogen-bond acceptors (Lipinski definition) is 3. The molecule has 0 aliphatic rings. The van der Waals surface area contributed by atoms with Crippen molar-refractivity contribution < 1.29 is 17.2 Å². The highest BCUT2D eigenvalue weighted by atomic mass is 32.2. The van der Waals surface area contributed by atoms with E-state index < -0.39 is 34.6 Å². The van der Waals surface area contributed by atoms with E-state index in [1.165, 1.54) is 0 Å². The number of aryl methyl sites for hydroxylation is 1. The largest absolute Gasteiger partial charge is 0.278 e. The van der Waals surface area contributed by atoms with Crippen molar-refractivity contribution in [3.8, 4) is 11.5 Å². The maximum absolute atomic E-state index is 13.8. The standard InChI is InChI=1S/C17H18F2N2O2SSi/c1-12-16(9-13(11-20-12)7-8-25(2,3)4)21-24(22,23)17-6-5-14(18)10-15(17)19/h5-6,9-11,21H,1-4H3. The van der Waals surface area contributed by atoms with Crippen LogP contribution in [0, 0.1) is 30.0 Å². The maximum atomic E-state index is 13.8. The quantitative estimate of drug-likeness (QED) is 0.652. The highest BCUT2D eigenvalue weighted by Crippen LogP contribution is 2.22. The molecule has 1 aromatic carbocycles. The van der Waals surface area contributed by atoms with Gasteiger partial charge in [0.1, 0.15) is 24.6 Å². The van der Waals surface area contributed by atoms with Gasteiger partial charge in [0.25, 0.3) is 10.0 Å². The van der Waals surface area contributed by atoms with E-state index in [1.54, 1.807) is 19.2 Å². The van der Waals surface area contributed by atoms with Gasteiger partial charge in [-0.3, -0.25) is 9.71 Å². The van der Waals surface area contributed by atoms with Crippen LogP contribution < -0.4 is 4.72 Å². The van der Waals surface area contributed by atoms with E-state index in [2.05, 4.69) is 40.8 Å². The van der Waals surface area contributed by atoms with Gasteiger partial charge in [-0.05, 0) is 25.1 Å². The summed E-state index contributed by atoms with van der Waals surface area (Å²) in [6.07, 6.45) is 1.55. The molecule has 0 amide bonds. The summed E-state index contributed by atoms with van der Waals surface area (Å²) in [6.45, 7) is 7.88. The Morgan fingerprint density at radius 3 is 2.44 bits per heavy atom. The van der Waals surface area contributed by atoms with E-state index in [-0.39, 0.29) is 5.69 Å². The van der Waals surface area contributed by atoms with Gasteiger partial charge < -0.3 is 0 Å². The number of hydrogen-bond donors (Lipinski definition) is 1. The lowest BCUT2D eigenvalue weighted by atomic mass is 10.2. The molecule has 2 aromatic rings. The van der Waals surface area contributed by atoms with Gasteiger partial charge in [0.2, 0.25) is 0 Å². The molecule has 0 saturated carbocycles. The van der Waals surface area contributed by atoms with Gasteiger partial charge in [-0.2, -0.15) is 0 Å². The van der Waals surface area contributed by atoms with Crippen molar-refractivity contribution in [3.63, 3.8) is 0 Å². The highest BCUT2D eigenvalue weighted by molar-refractivity contribution is 7.92. The molecule has 8 heteroatoms. The minimum absolute atomic E-state index is 0.200. The molecule has 132 valence electrons. The lowest BCUT2D eigenvalue weighted by Crippen LogP contribution is -2.17. The van der Waals surface area contributed by atoms with E-state index in [4.69, 9.17) is 0 Å². The monoisotopic (exact) mass is 380 g/mol. The molecule has 0 unspecified atom stereocenters. The van der Waals surface area contributed by atoms with Gasteiger partial charge in [-0.15, -0.1) is 5.54 Å². The first kappa shape index (κ1) is 19.1. The molecule has 1 N–H and O–H groups in total. The second-order valence-electron chi connectivity index (χ2n) is 6.54. The Kier molecular flexibility index (Phi) is 5.30. The van der Waals surface area contributed by atoms with Crippen LogP contribution in [0.5, 0.6) is 0 Å². The van der Waals surface area contributed by atoms with E-state index in [0.29, 0.717) is 17.3 Å². The zero-order valence-electron chi connectivity index (χ0n) is 14.3. The van der Waals surface area contributed by atoms with Crippen LogP contribution in [0.25, 0.3) is 0 Å². The normalized spacial score (nSPS) is 11.6. The number of benzene rings is 1. The van der Waals surface area contributed by atoms with Crippen molar-refractivity contribution in [1.82, 2.24) is 4.98 Å². The lowest BCUT2D eigenvalue weighted by Gasteiger charge is -2.11. The zero-order chi connectivity index (χ0) is 18.8. The fourth-order valence-electron chi connectivity index (χ4n) is 1.86. The van der Waals surface area contributed by atoms with E-state index in [0.717, 1.165) is 12.1 Å². The van der Waals surface area contributed by atoms with Gasteiger partial charge in [0.05, 0.1) is 11.4 Å². The molecular weight excluding hydrogens is 362 g/mol. The lowest BCUT2D eigenvalue weighted by molar-refractivity contribution is 0.551. The molecular formula is C17H18F2N2O2SSi. The van der Waals surface area contributed by atoms with Gasteiger partial charge >= 0.3 is 0 Å². The van der Waals surface area contributed by atoms with Crippen molar-refractivity contribution in [2.45, 2.75) is 31.5 Å². The Balaban J connectivity index is 2.40. The van der Waals surface area contributed by atoms with E-state index in [1.807, 2.05) is 0 Å². The third kappa shape index (κ3) is 5.11. The van der Waals surface area contributed by atoms with Crippen LogP contribution in [0.1, 0.15) is 11.3 Å². The molecule has 0 aliphatic carbocycles. The summed E-state index contributed by atoms with van der Waals surface area (Å²) in [6, 6.07) is 3.84. The number of rotatable bonds is 3. The summed E-state index contributed by atoms with van der Waals surface area (Å²) in [5.41, 5.74) is 4.35. The summed E-state index contributed by atoms with van der Waals surface area (Å²) < 4.78 is 53.8. The summed E-state index contributed by atoms with van der Waals surface area (Å²) in [5.74, 6) is 0.979. The van der Waals surface area contributed by atoms with E-state index >= 15 is 0 Å². The molecule has 0 aliphatic heterocycles. The van der Waals surface area contributed by atoms with Gasteiger partial charge in [0.15, 0.2) is 0 Å². The first-order valence-corrected chi connectivity index (χ1v) is 12.4. The van der Waals surface area contributed by atoms with Crippen LogP contribution in [-0.4, -0.2) is 21.5 Å². The van der Waals surface area contributed by atoms with Gasteiger partial charge in [-0.25, -0.2) is 17.2 Å². The smallest absolute Gasteiger partial charge is 0.264 e.